The largest absolute Gasteiger partial charge is 0.340 e. The molecule has 0 bridgehead atoms. The van der Waals surface area contributed by atoms with Crippen LogP contribution in [0, 0.1) is 0 Å². The Morgan fingerprint density at radius 3 is 2.69 bits per heavy atom. The van der Waals surface area contributed by atoms with E-state index in [1.807, 2.05) is 13.0 Å². The number of carbonyl (C=O) groups is 2. The van der Waals surface area contributed by atoms with E-state index in [0.717, 1.165) is 0 Å². The molecule has 1 aromatic carbocycles. The summed E-state index contributed by atoms with van der Waals surface area (Å²) in [7, 11) is 0. The summed E-state index contributed by atoms with van der Waals surface area (Å²) in [6.45, 7) is 4.17. The lowest BCUT2D eigenvalue weighted by Crippen LogP contribution is -2.43. The van der Waals surface area contributed by atoms with Crippen LogP contribution in [-0.4, -0.2) is 24.4 Å². The minimum absolute atomic E-state index is 0.0687. The SMILES string of the molecule is CCN1C(=O)[C@H](C)NC(=O)c2ccccc21. The Balaban J connectivity index is 2.57. The molecule has 0 radical (unpaired) electrons. The lowest BCUT2D eigenvalue weighted by atomic mass is 10.1. The maximum atomic E-state index is 12.0. The van der Waals surface area contributed by atoms with Gasteiger partial charge in [0.15, 0.2) is 0 Å². The maximum absolute atomic E-state index is 12.0. The zero-order valence-corrected chi connectivity index (χ0v) is 9.36. The lowest BCUT2D eigenvalue weighted by Gasteiger charge is -2.21. The first kappa shape index (κ1) is 10.7. The fraction of sp³-hybridized carbons (Fsp3) is 0.333. The van der Waals surface area contributed by atoms with Crippen LogP contribution in [0.2, 0.25) is 0 Å². The average molecular weight is 218 g/mol. The number of benzene rings is 1. The van der Waals surface area contributed by atoms with Crippen LogP contribution >= 0.6 is 0 Å². The number of para-hydroxylation sites is 1. The number of nitrogens with zero attached hydrogens (tertiary/aromatic N) is 1. The molecule has 0 unspecified atom stereocenters. The van der Waals surface area contributed by atoms with Crippen LogP contribution in [0.5, 0.6) is 0 Å². The van der Waals surface area contributed by atoms with Crippen molar-refractivity contribution in [1.82, 2.24) is 5.32 Å². The van der Waals surface area contributed by atoms with E-state index in [2.05, 4.69) is 5.32 Å². The van der Waals surface area contributed by atoms with Gasteiger partial charge in [-0.05, 0) is 26.0 Å². The summed E-state index contributed by atoms with van der Waals surface area (Å²) in [6, 6.07) is 6.69. The van der Waals surface area contributed by atoms with Gasteiger partial charge in [0, 0.05) is 6.54 Å². The van der Waals surface area contributed by atoms with Crippen molar-refractivity contribution in [3.05, 3.63) is 29.8 Å². The van der Waals surface area contributed by atoms with E-state index >= 15 is 0 Å². The number of carbonyl (C=O) groups excluding carboxylic acids is 2. The highest BCUT2D eigenvalue weighted by Gasteiger charge is 2.29. The van der Waals surface area contributed by atoms with Gasteiger partial charge in [-0.3, -0.25) is 9.59 Å². The Labute approximate surface area is 94.2 Å². The second-order valence-corrected chi connectivity index (χ2v) is 3.79. The van der Waals surface area contributed by atoms with Crippen LogP contribution in [0.1, 0.15) is 24.2 Å². The topological polar surface area (TPSA) is 49.4 Å². The summed E-state index contributed by atoms with van der Waals surface area (Å²) >= 11 is 0. The normalized spacial score (nSPS) is 20.1. The third kappa shape index (κ3) is 1.56. The quantitative estimate of drug-likeness (QED) is 0.769. The van der Waals surface area contributed by atoms with Crippen LogP contribution < -0.4 is 10.2 Å². The molecule has 1 atom stereocenters. The van der Waals surface area contributed by atoms with Gasteiger partial charge in [0.25, 0.3) is 5.91 Å². The number of nitrogens with one attached hydrogen (secondary N) is 1. The van der Waals surface area contributed by atoms with Crippen molar-refractivity contribution < 1.29 is 9.59 Å². The predicted molar refractivity (Wildman–Crippen MR) is 61.4 cm³/mol. The monoisotopic (exact) mass is 218 g/mol. The van der Waals surface area contributed by atoms with Crippen LogP contribution in [0.25, 0.3) is 0 Å². The number of rotatable bonds is 1. The van der Waals surface area contributed by atoms with Crippen LogP contribution in [0.15, 0.2) is 24.3 Å². The first-order valence-electron chi connectivity index (χ1n) is 5.36. The number of anilines is 1. The molecule has 0 fully saturated rings. The molecule has 1 aliphatic heterocycles. The van der Waals surface area contributed by atoms with E-state index in [-0.39, 0.29) is 11.8 Å². The Bertz CT molecular complexity index is 442. The molecular formula is C12H14N2O2. The first-order chi connectivity index (χ1) is 7.65. The molecular weight excluding hydrogens is 204 g/mol. The zero-order chi connectivity index (χ0) is 11.7. The molecule has 1 aromatic rings. The van der Waals surface area contributed by atoms with Gasteiger partial charge in [-0.15, -0.1) is 0 Å². The summed E-state index contributed by atoms with van der Waals surface area (Å²) in [5.74, 6) is -0.256. The smallest absolute Gasteiger partial charge is 0.254 e. The van der Waals surface area contributed by atoms with Crippen LogP contribution in [0.4, 0.5) is 5.69 Å². The van der Waals surface area contributed by atoms with Crippen LogP contribution in [0.3, 0.4) is 0 Å². The summed E-state index contributed by atoms with van der Waals surface area (Å²) in [5.41, 5.74) is 1.25. The Morgan fingerprint density at radius 2 is 2.00 bits per heavy atom. The summed E-state index contributed by atoms with van der Waals surface area (Å²) in [4.78, 5) is 25.5. The molecule has 0 aromatic heterocycles. The standard InChI is InChI=1S/C12H14N2O2/c1-3-14-10-7-5-4-6-9(10)11(15)13-8(2)12(14)16/h4-8H,3H2,1-2H3,(H,13,15)/t8-/m0/s1. The lowest BCUT2D eigenvalue weighted by molar-refractivity contribution is -0.119. The molecule has 2 rings (SSSR count). The number of amides is 2. The molecule has 0 saturated carbocycles. The van der Waals surface area contributed by atoms with Gasteiger partial charge >= 0.3 is 0 Å². The van der Waals surface area contributed by atoms with E-state index in [0.29, 0.717) is 17.8 Å². The number of likely N-dealkylation sites (N-methyl/N-ethyl adjacent to an activating group) is 1. The molecule has 16 heavy (non-hydrogen) atoms. The van der Waals surface area contributed by atoms with Gasteiger partial charge in [0.05, 0.1) is 11.3 Å². The third-order valence-electron chi connectivity index (χ3n) is 2.74. The average Bonchev–Trinajstić information content (AvgIpc) is 2.37. The fourth-order valence-corrected chi connectivity index (χ4v) is 1.92. The van der Waals surface area contributed by atoms with Gasteiger partial charge in [0.2, 0.25) is 5.91 Å². The molecule has 1 aliphatic rings. The van der Waals surface area contributed by atoms with E-state index in [9.17, 15) is 9.59 Å². The molecule has 4 heteroatoms. The summed E-state index contributed by atoms with van der Waals surface area (Å²) in [6.07, 6.45) is 0. The minimum atomic E-state index is -0.472. The zero-order valence-electron chi connectivity index (χ0n) is 9.36. The molecule has 2 amide bonds. The van der Waals surface area contributed by atoms with E-state index in [1.54, 1.807) is 30.0 Å². The molecule has 84 valence electrons. The third-order valence-corrected chi connectivity index (χ3v) is 2.74. The molecule has 4 nitrogen and oxygen atoms in total. The van der Waals surface area contributed by atoms with Crippen molar-refractivity contribution in [3.8, 4) is 0 Å². The number of fused-ring (bicyclic) bond motifs is 1. The van der Waals surface area contributed by atoms with Crippen LogP contribution in [-0.2, 0) is 4.79 Å². The fourth-order valence-electron chi connectivity index (χ4n) is 1.92. The predicted octanol–water partition coefficient (Wildman–Crippen LogP) is 1.17. The molecule has 0 spiro atoms. The van der Waals surface area contributed by atoms with Crippen molar-refractivity contribution >= 4 is 17.5 Å². The molecule has 1 heterocycles. The van der Waals surface area contributed by atoms with Gasteiger partial charge in [-0.1, -0.05) is 12.1 Å². The Morgan fingerprint density at radius 1 is 1.31 bits per heavy atom. The highest BCUT2D eigenvalue weighted by molar-refractivity contribution is 6.10. The molecule has 1 N–H and O–H groups in total. The second-order valence-electron chi connectivity index (χ2n) is 3.79. The maximum Gasteiger partial charge on any atom is 0.254 e. The van der Waals surface area contributed by atoms with Gasteiger partial charge in [-0.25, -0.2) is 0 Å². The highest BCUT2D eigenvalue weighted by atomic mass is 16.2. The van der Waals surface area contributed by atoms with Crippen molar-refractivity contribution in [2.24, 2.45) is 0 Å². The van der Waals surface area contributed by atoms with Crippen molar-refractivity contribution in [3.63, 3.8) is 0 Å². The van der Waals surface area contributed by atoms with Crippen molar-refractivity contribution in [1.29, 1.82) is 0 Å². The van der Waals surface area contributed by atoms with E-state index in [4.69, 9.17) is 0 Å². The second kappa shape index (κ2) is 3.96. The molecule has 0 saturated heterocycles. The highest BCUT2D eigenvalue weighted by Crippen LogP contribution is 2.23. The molecule has 0 aliphatic carbocycles. The first-order valence-corrected chi connectivity index (χ1v) is 5.36. The Kier molecular flexibility index (Phi) is 2.64. The van der Waals surface area contributed by atoms with Gasteiger partial charge in [-0.2, -0.15) is 0 Å². The summed E-state index contributed by atoms with van der Waals surface area (Å²) in [5, 5.41) is 2.68. The Hall–Kier alpha value is -1.84. The van der Waals surface area contributed by atoms with Crippen molar-refractivity contribution in [2.45, 2.75) is 19.9 Å². The van der Waals surface area contributed by atoms with Gasteiger partial charge < -0.3 is 10.2 Å². The van der Waals surface area contributed by atoms with E-state index < -0.39 is 6.04 Å². The van der Waals surface area contributed by atoms with Crippen molar-refractivity contribution in [2.75, 3.05) is 11.4 Å². The van der Waals surface area contributed by atoms with Gasteiger partial charge in [0.1, 0.15) is 6.04 Å². The summed E-state index contributed by atoms with van der Waals surface area (Å²) < 4.78 is 0. The number of hydrogen-bond acceptors (Lipinski definition) is 2. The number of hydrogen-bond donors (Lipinski definition) is 1. The van der Waals surface area contributed by atoms with E-state index in [1.165, 1.54) is 0 Å². The minimum Gasteiger partial charge on any atom is -0.340 e.